The van der Waals surface area contributed by atoms with E-state index in [0.717, 1.165) is 25.0 Å². The minimum absolute atomic E-state index is 0.342. The first-order valence-corrected chi connectivity index (χ1v) is 7.41. The van der Waals surface area contributed by atoms with Gasteiger partial charge < -0.3 is 5.21 Å². The number of pyridine rings is 1. The van der Waals surface area contributed by atoms with E-state index in [1.165, 1.54) is 5.69 Å². The van der Waals surface area contributed by atoms with Crippen molar-refractivity contribution in [3.8, 4) is 0 Å². The predicted octanol–water partition coefficient (Wildman–Crippen LogP) is 4.94. The number of rotatable bonds is 4. The zero-order valence-electron chi connectivity index (χ0n) is 13.8. The Kier molecular flexibility index (Phi) is 8.86. The molecule has 0 spiro atoms. The van der Waals surface area contributed by atoms with Crippen LogP contribution in [-0.2, 0) is 6.42 Å². The molecular formula is C17H30N2O. The zero-order valence-corrected chi connectivity index (χ0v) is 13.8. The van der Waals surface area contributed by atoms with Crippen LogP contribution >= 0.6 is 0 Å². The first-order chi connectivity index (χ1) is 9.30. The Bertz CT molecular complexity index is 378. The van der Waals surface area contributed by atoms with Crippen molar-refractivity contribution in [2.24, 2.45) is 16.5 Å². The van der Waals surface area contributed by atoms with E-state index < -0.39 is 0 Å². The maximum Gasteiger partial charge on any atom is 0.0596 e. The molecular weight excluding hydrogens is 248 g/mol. The zero-order chi connectivity index (χ0) is 15.6. The second kappa shape index (κ2) is 9.51. The Labute approximate surface area is 124 Å². The summed E-state index contributed by atoms with van der Waals surface area (Å²) in [7, 11) is 0. The second-order valence-electron chi connectivity index (χ2n) is 6.55. The van der Waals surface area contributed by atoms with Gasteiger partial charge in [0, 0.05) is 11.9 Å². The van der Waals surface area contributed by atoms with Crippen molar-refractivity contribution in [2.45, 2.75) is 60.8 Å². The lowest BCUT2D eigenvalue weighted by Crippen LogP contribution is -2.09. The van der Waals surface area contributed by atoms with E-state index in [2.05, 4.69) is 43.9 Å². The van der Waals surface area contributed by atoms with Gasteiger partial charge in [0.05, 0.1) is 5.71 Å². The maximum atomic E-state index is 8.42. The Morgan fingerprint density at radius 1 is 1.30 bits per heavy atom. The number of hydrogen-bond acceptors (Lipinski definition) is 3. The second-order valence-corrected chi connectivity index (χ2v) is 6.55. The molecule has 0 fully saturated rings. The van der Waals surface area contributed by atoms with E-state index in [-0.39, 0.29) is 0 Å². The molecule has 0 aliphatic heterocycles. The molecule has 0 bridgehead atoms. The molecule has 20 heavy (non-hydrogen) atoms. The standard InChI is InChI=1S/C10H15N.C7H15NO/c1-10(2,3)8-9-6-4-5-7-11-9;1-4-5-7(8-9)6(2)3/h4-7H,8H2,1-3H3;6,9H,4-5H2,1-3H3/b;8-7+. The van der Waals surface area contributed by atoms with Gasteiger partial charge in [-0.3, -0.25) is 4.98 Å². The van der Waals surface area contributed by atoms with Crippen LogP contribution in [0.15, 0.2) is 29.6 Å². The Balaban J connectivity index is 0.000000370. The monoisotopic (exact) mass is 278 g/mol. The molecule has 0 radical (unpaired) electrons. The molecule has 1 aromatic heterocycles. The van der Waals surface area contributed by atoms with E-state index in [0.29, 0.717) is 11.3 Å². The van der Waals surface area contributed by atoms with Gasteiger partial charge in [-0.25, -0.2) is 0 Å². The molecule has 0 amide bonds. The van der Waals surface area contributed by atoms with Crippen LogP contribution in [0.3, 0.4) is 0 Å². The van der Waals surface area contributed by atoms with Crippen molar-refractivity contribution in [1.29, 1.82) is 0 Å². The Morgan fingerprint density at radius 3 is 2.25 bits per heavy atom. The number of hydrogen-bond donors (Lipinski definition) is 1. The van der Waals surface area contributed by atoms with Crippen LogP contribution < -0.4 is 0 Å². The molecule has 3 nitrogen and oxygen atoms in total. The molecule has 1 heterocycles. The van der Waals surface area contributed by atoms with Crippen molar-refractivity contribution in [3.63, 3.8) is 0 Å². The van der Waals surface area contributed by atoms with Crippen LogP contribution in [0.1, 0.15) is 60.1 Å². The van der Waals surface area contributed by atoms with E-state index in [4.69, 9.17) is 5.21 Å². The van der Waals surface area contributed by atoms with Crippen LogP contribution in [0.4, 0.5) is 0 Å². The fourth-order valence-corrected chi connectivity index (χ4v) is 1.76. The summed E-state index contributed by atoms with van der Waals surface area (Å²) in [5, 5.41) is 11.6. The van der Waals surface area contributed by atoms with Crippen molar-refractivity contribution < 1.29 is 5.21 Å². The normalized spacial score (nSPS) is 12.1. The highest BCUT2D eigenvalue weighted by molar-refractivity contribution is 5.85. The molecule has 3 heteroatoms. The minimum Gasteiger partial charge on any atom is -0.411 e. The lowest BCUT2D eigenvalue weighted by atomic mass is 9.90. The summed E-state index contributed by atoms with van der Waals surface area (Å²) in [5.41, 5.74) is 2.42. The Morgan fingerprint density at radius 2 is 1.95 bits per heavy atom. The lowest BCUT2D eigenvalue weighted by molar-refractivity contribution is 0.314. The highest BCUT2D eigenvalue weighted by Crippen LogP contribution is 2.18. The summed E-state index contributed by atoms with van der Waals surface area (Å²) < 4.78 is 0. The van der Waals surface area contributed by atoms with Crippen LogP contribution in [0.25, 0.3) is 0 Å². The van der Waals surface area contributed by atoms with Crippen LogP contribution in [-0.4, -0.2) is 15.9 Å². The molecule has 0 saturated heterocycles. The van der Waals surface area contributed by atoms with Gasteiger partial charge in [-0.2, -0.15) is 0 Å². The third-order valence-electron chi connectivity index (χ3n) is 2.74. The first-order valence-electron chi connectivity index (χ1n) is 7.41. The molecule has 0 aromatic carbocycles. The minimum atomic E-state index is 0.342. The number of oxime groups is 1. The van der Waals surface area contributed by atoms with Crippen molar-refractivity contribution in [3.05, 3.63) is 30.1 Å². The molecule has 0 aliphatic rings. The summed E-state index contributed by atoms with van der Waals surface area (Å²) in [5.74, 6) is 0.384. The summed E-state index contributed by atoms with van der Waals surface area (Å²) in [4.78, 5) is 4.26. The average molecular weight is 278 g/mol. The average Bonchev–Trinajstić information content (AvgIpc) is 2.35. The molecule has 0 atom stereocenters. The quantitative estimate of drug-likeness (QED) is 0.481. The SMILES string of the molecule is CC(C)(C)Cc1ccccn1.CCC/C(=N\O)C(C)C. The van der Waals surface area contributed by atoms with E-state index in [9.17, 15) is 0 Å². The highest BCUT2D eigenvalue weighted by Gasteiger charge is 2.10. The van der Waals surface area contributed by atoms with Gasteiger partial charge in [0.25, 0.3) is 0 Å². The maximum absolute atomic E-state index is 8.42. The van der Waals surface area contributed by atoms with Crippen molar-refractivity contribution in [2.75, 3.05) is 0 Å². The van der Waals surface area contributed by atoms with E-state index in [1.54, 1.807) is 0 Å². The van der Waals surface area contributed by atoms with Crippen molar-refractivity contribution >= 4 is 5.71 Å². The van der Waals surface area contributed by atoms with Crippen LogP contribution in [0.5, 0.6) is 0 Å². The Hall–Kier alpha value is -1.38. The van der Waals surface area contributed by atoms with Crippen LogP contribution in [0.2, 0.25) is 0 Å². The summed E-state index contributed by atoms with van der Waals surface area (Å²) in [6.45, 7) is 12.8. The van der Waals surface area contributed by atoms with Gasteiger partial charge in [-0.1, -0.05) is 59.2 Å². The van der Waals surface area contributed by atoms with Gasteiger partial charge in [0.2, 0.25) is 0 Å². The highest BCUT2D eigenvalue weighted by atomic mass is 16.4. The first kappa shape index (κ1) is 18.6. The van der Waals surface area contributed by atoms with Crippen molar-refractivity contribution in [1.82, 2.24) is 4.98 Å². The third kappa shape index (κ3) is 9.54. The van der Waals surface area contributed by atoms with Gasteiger partial charge in [-0.05, 0) is 36.3 Å². The van der Waals surface area contributed by atoms with Gasteiger partial charge >= 0.3 is 0 Å². The summed E-state index contributed by atoms with van der Waals surface area (Å²) in [6.07, 6.45) is 4.86. The molecule has 114 valence electrons. The fraction of sp³-hybridized carbons (Fsp3) is 0.647. The van der Waals surface area contributed by atoms with Gasteiger partial charge in [-0.15, -0.1) is 0 Å². The predicted molar refractivity (Wildman–Crippen MR) is 86.4 cm³/mol. The van der Waals surface area contributed by atoms with Gasteiger partial charge in [0.15, 0.2) is 0 Å². The molecule has 1 N–H and O–H groups in total. The van der Waals surface area contributed by atoms with Gasteiger partial charge in [0.1, 0.15) is 0 Å². The van der Waals surface area contributed by atoms with E-state index >= 15 is 0 Å². The number of aromatic nitrogens is 1. The largest absolute Gasteiger partial charge is 0.411 e. The molecule has 0 aliphatic carbocycles. The molecule has 1 aromatic rings. The molecule has 0 unspecified atom stereocenters. The molecule has 0 saturated carbocycles. The topological polar surface area (TPSA) is 45.5 Å². The fourth-order valence-electron chi connectivity index (χ4n) is 1.76. The summed E-state index contributed by atoms with van der Waals surface area (Å²) in [6, 6.07) is 6.06. The lowest BCUT2D eigenvalue weighted by Gasteiger charge is -2.16. The summed E-state index contributed by atoms with van der Waals surface area (Å²) >= 11 is 0. The smallest absolute Gasteiger partial charge is 0.0596 e. The van der Waals surface area contributed by atoms with Crippen LogP contribution in [0, 0.1) is 11.3 Å². The molecule has 1 rings (SSSR count). The number of nitrogens with zero attached hydrogens (tertiary/aromatic N) is 2. The third-order valence-corrected chi connectivity index (χ3v) is 2.74. The van der Waals surface area contributed by atoms with E-state index in [1.807, 2.05) is 32.2 Å².